The lowest BCUT2D eigenvalue weighted by molar-refractivity contribution is 0.102. The number of carbonyl (C=O) groups excluding carboxylic acids is 1. The molecule has 94 valence electrons. The number of rotatable bonds is 3. The van der Waals surface area contributed by atoms with Crippen LogP contribution in [-0.4, -0.2) is 10.5 Å². The maximum Gasteiger partial charge on any atom is 0.256 e. The minimum absolute atomic E-state index is 0.0752. The molecule has 18 heavy (non-hydrogen) atoms. The topological polar surface area (TPSA) is 51.1 Å². The number of nitrogens with zero attached hydrogens (tertiary/aromatic N) is 1. The molecule has 0 atom stereocenters. The summed E-state index contributed by atoms with van der Waals surface area (Å²) < 4.78 is 2.45. The highest BCUT2D eigenvalue weighted by Crippen LogP contribution is 2.21. The Hall–Kier alpha value is -1.40. The van der Waals surface area contributed by atoms with Crippen LogP contribution in [0.2, 0.25) is 0 Å². The van der Waals surface area contributed by atoms with Crippen molar-refractivity contribution in [3.63, 3.8) is 0 Å². The number of aryl methyl sites for hydroxylation is 1. The van der Waals surface area contributed by atoms with Crippen molar-refractivity contribution in [3.8, 4) is 0 Å². The molecule has 2 aromatic heterocycles. The van der Waals surface area contributed by atoms with Gasteiger partial charge in [0.25, 0.3) is 11.5 Å². The molecule has 0 unspecified atom stereocenters. The van der Waals surface area contributed by atoms with Gasteiger partial charge in [0.2, 0.25) is 0 Å². The monoisotopic (exact) mass is 326 g/mol. The lowest BCUT2D eigenvalue weighted by Crippen LogP contribution is -2.19. The molecule has 0 radical (unpaired) electrons. The van der Waals surface area contributed by atoms with Crippen molar-refractivity contribution < 1.29 is 4.79 Å². The first-order valence-corrected chi connectivity index (χ1v) is 7.03. The van der Waals surface area contributed by atoms with E-state index in [0.717, 1.165) is 3.79 Å². The number of nitrogens with one attached hydrogen (secondary N) is 1. The van der Waals surface area contributed by atoms with Gasteiger partial charge in [0.05, 0.1) is 15.0 Å². The number of amides is 1. The van der Waals surface area contributed by atoms with Gasteiger partial charge in [0.1, 0.15) is 0 Å². The van der Waals surface area contributed by atoms with Gasteiger partial charge in [-0.2, -0.15) is 0 Å². The maximum absolute atomic E-state index is 11.9. The van der Waals surface area contributed by atoms with E-state index in [1.807, 2.05) is 6.92 Å². The third kappa shape index (κ3) is 2.88. The summed E-state index contributed by atoms with van der Waals surface area (Å²) in [5, 5.41) is 4.53. The fourth-order valence-electron chi connectivity index (χ4n) is 1.48. The van der Waals surface area contributed by atoms with E-state index in [-0.39, 0.29) is 11.5 Å². The Morgan fingerprint density at radius 1 is 1.50 bits per heavy atom. The van der Waals surface area contributed by atoms with Crippen molar-refractivity contribution in [2.24, 2.45) is 0 Å². The van der Waals surface area contributed by atoms with Crippen LogP contribution >= 0.6 is 27.3 Å². The zero-order valence-corrected chi connectivity index (χ0v) is 12.0. The first-order valence-electron chi connectivity index (χ1n) is 5.36. The molecule has 0 aliphatic heterocycles. The van der Waals surface area contributed by atoms with Crippen LogP contribution < -0.4 is 10.9 Å². The molecule has 0 aliphatic rings. The molecule has 0 saturated heterocycles. The highest BCUT2D eigenvalue weighted by Gasteiger charge is 2.08. The van der Waals surface area contributed by atoms with E-state index in [0.29, 0.717) is 17.8 Å². The summed E-state index contributed by atoms with van der Waals surface area (Å²) in [6.45, 7) is 2.45. The average Bonchev–Trinajstić information content (AvgIpc) is 2.78. The van der Waals surface area contributed by atoms with Gasteiger partial charge in [-0.15, -0.1) is 11.3 Å². The van der Waals surface area contributed by atoms with Crippen LogP contribution in [0, 0.1) is 0 Å². The third-order valence-electron chi connectivity index (χ3n) is 2.41. The Morgan fingerprint density at radius 2 is 2.28 bits per heavy atom. The molecule has 6 heteroatoms. The van der Waals surface area contributed by atoms with Gasteiger partial charge in [0, 0.05) is 24.2 Å². The molecule has 1 N–H and O–H groups in total. The molecule has 1 amide bonds. The molecule has 4 nitrogen and oxygen atoms in total. The smallest absolute Gasteiger partial charge is 0.256 e. The summed E-state index contributed by atoms with van der Waals surface area (Å²) in [6, 6.07) is 4.81. The zero-order valence-electron chi connectivity index (χ0n) is 9.64. The Balaban J connectivity index is 2.19. The van der Waals surface area contributed by atoms with Crippen molar-refractivity contribution in [2.75, 3.05) is 5.32 Å². The van der Waals surface area contributed by atoms with E-state index >= 15 is 0 Å². The second-order valence-corrected chi connectivity index (χ2v) is 5.93. The van der Waals surface area contributed by atoms with Crippen LogP contribution in [0.15, 0.2) is 38.4 Å². The first kappa shape index (κ1) is 13.0. The summed E-state index contributed by atoms with van der Waals surface area (Å²) in [6.07, 6.45) is 1.64. The van der Waals surface area contributed by atoms with E-state index in [4.69, 9.17) is 0 Å². The maximum atomic E-state index is 11.9. The van der Waals surface area contributed by atoms with Gasteiger partial charge in [-0.25, -0.2) is 0 Å². The lowest BCUT2D eigenvalue weighted by atomic mass is 10.3. The fourth-order valence-corrected chi connectivity index (χ4v) is 2.62. The van der Waals surface area contributed by atoms with Crippen molar-refractivity contribution in [1.29, 1.82) is 0 Å². The predicted molar refractivity (Wildman–Crippen MR) is 76.3 cm³/mol. The molecule has 0 bridgehead atoms. The van der Waals surface area contributed by atoms with Crippen LogP contribution in [-0.2, 0) is 6.54 Å². The minimum Gasteiger partial charge on any atom is -0.321 e. The molecular weight excluding hydrogens is 316 g/mol. The van der Waals surface area contributed by atoms with E-state index in [1.165, 1.54) is 17.4 Å². The van der Waals surface area contributed by atoms with Crippen LogP contribution in [0.25, 0.3) is 0 Å². The van der Waals surface area contributed by atoms with Crippen LogP contribution in [0.4, 0.5) is 5.69 Å². The van der Waals surface area contributed by atoms with E-state index in [2.05, 4.69) is 21.2 Å². The Labute approximate surface area is 116 Å². The largest absolute Gasteiger partial charge is 0.321 e. The molecular formula is C12H11BrN2O2S. The molecule has 2 aromatic rings. The summed E-state index contributed by atoms with van der Waals surface area (Å²) in [5.41, 5.74) is 1.14. The number of halogens is 1. The summed E-state index contributed by atoms with van der Waals surface area (Å²) in [5.74, 6) is -0.182. The van der Waals surface area contributed by atoms with Crippen molar-refractivity contribution in [1.82, 2.24) is 4.57 Å². The molecule has 0 spiro atoms. The number of hydrogen-bond acceptors (Lipinski definition) is 3. The van der Waals surface area contributed by atoms with Crippen molar-refractivity contribution in [3.05, 3.63) is 49.5 Å². The molecule has 2 rings (SSSR count). The van der Waals surface area contributed by atoms with Crippen LogP contribution in [0.3, 0.4) is 0 Å². The van der Waals surface area contributed by atoms with E-state index in [1.54, 1.807) is 28.3 Å². The molecule has 0 fully saturated rings. The number of anilines is 1. The average molecular weight is 327 g/mol. The van der Waals surface area contributed by atoms with Crippen LogP contribution in [0.5, 0.6) is 0 Å². The highest BCUT2D eigenvalue weighted by molar-refractivity contribution is 9.11. The van der Waals surface area contributed by atoms with Gasteiger partial charge in [-0.3, -0.25) is 9.59 Å². The van der Waals surface area contributed by atoms with Crippen molar-refractivity contribution >= 4 is 38.9 Å². The van der Waals surface area contributed by atoms with Gasteiger partial charge in [0.15, 0.2) is 0 Å². The molecule has 0 aromatic carbocycles. The quantitative estimate of drug-likeness (QED) is 0.942. The van der Waals surface area contributed by atoms with Gasteiger partial charge in [-0.05, 0) is 35.0 Å². The Morgan fingerprint density at radius 3 is 2.89 bits per heavy atom. The second kappa shape index (κ2) is 5.49. The predicted octanol–water partition coefficient (Wildman–Crippen LogP) is 2.94. The van der Waals surface area contributed by atoms with Gasteiger partial charge in [-0.1, -0.05) is 0 Å². The SMILES string of the molecule is CCn1cc(NC(=O)c2csc(Br)c2)ccc1=O. The Bertz CT molecular complexity index is 633. The summed E-state index contributed by atoms with van der Waals surface area (Å²) >= 11 is 4.77. The number of hydrogen-bond donors (Lipinski definition) is 1. The Kier molecular flexibility index (Phi) is 3.98. The van der Waals surface area contributed by atoms with Gasteiger partial charge < -0.3 is 9.88 Å². The number of aromatic nitrogens is 1. The molecule has 0 saturated carbocycles. The minimum atomic E-state index is -0.182. The van der Waals surface area contributed by atoms with Gasteiger partial charge >= 0.3 is 0 Å². The second-order valence-electron chi connectivity index (χ2n) is 3.64. The third-order valence-corrected chi connectivity index (χ3v) is 3.92. The molecule has 2 heterocycles. The summed E-state index contributed by atoms with van der Waals surface area (Å²) in [7, 11) is 0. The highest BCUT2D eigenvalue weighted by atomic mass is 79.9. The summed E-state index contributed by atoms with van der Waals surface area (Å²) in [4.78, 5) is 23.3. The van der Waals surface area contributed by atoms with E-state index < -0.39 is 0 Å². The lowest BCUT2D eigenvalue weighted by Gasteiger charge is -2.06. The van der Waals surface area contributed by atoms with Crippen LogP contribution in [0.1, 0.15) is 17.3 Å². The van der Waals surface area contributed by atoms with Crippen molar-refractivity contribution in [2.45, 2.75) is 13.5 Å². The van der Waals surface area contributed by atoms with E-state index in [9.17, 15) is 9.59 Å². The number of carbonyl (C=O) groups is 1. The standard InChI is InChI=1S/C12H11BrN2O2S/c1-2-15-6-9(3-4-11(15)16)14-12(17)8-5-10(13)18-7-8/h3-7H,2H2,1H3,(H,14,17). The first-order chi connectivity index (χ1) is 8.60. The normalized spacial score (nSPS) is 10.3. The fraction of sp³-hybridized carbons (Fsp3) is 0.167. The molecule has 0 aliphatic carbocycles. The zero-order chi connectivity index (χ0) is 13.1. The number of pyridine rings is 1. The number of thiophene rings is 1.